The highest BCUT2D eigenvalue weighted by atomic mass is 17.2. The number of ketones is 2. The van der Waals surface area contributed by atoms with E-state index in [9.17, 15) is 60.7 Å². The standard InChI is InChI=1S/C74H132N2O28/c1-27-47-71(17,89)55(81)39(7)51(77)35(3)31-67(13,87)59(101-63-53(79)45(75(21)22)29-37(5)93-63)41(9)61(99-49-33-69(15,91-25)57(83)43(11)95-49)73(19,65(85)97-47)103-104-74(20)62(100-50-34-70(16,92-26)58(84)44(12)96-50)42(10)60(102-64-54(80)46(76(23)24)30-38(6)94-64)68(14,88)32-36(4)52(78)40(8)56(82)72(18,90)48(28-2)98-66(74)86/h35-50,53-64,79-84,87-90H,27-34H2,1-26H3/t35-,36-,37+,38+,39+,40+,41-,42-,43+,44+,45-,46-,47-,48-,49?,50?,53+,54+,55-,56-,57+,58+,59-,60-,61+,62+,63?,64?,67-,68-,69-,70-,71-,72-,73+,74+/m1/s1. The Bertz CT molecular complexity index is 2650. The van der Waals surface area contributed by atoms with Gasteiger partial charge in [-0.1, -0.05) is 55.4 Å². The summed E-state index contributed by atoms with van der Waals surface area (Å²) in [6.07, 6.45) is -31.5. The number of cyclic esters (lactones) is 2. The van der Waals surface area contributed by atoms with Crippen LogP contribution >= 0.6 is 0 Å². The van der Waals surface area contributed by atoms with Crippen LogP contribution in [0.2, 0.25) is 0 Å². The van der Waals surface area contributed by atoms with Crippen LogP contribution in [0, 0.1) is 35.5 Å². The number of carbonyl (C=O) groups is 4. The summed E-state index contributed by atoms with van der Waals surface area (Å²) < 4.78 is 78.8. The average molecular weight is 1500 g/mol. The quantitative estimate of drug-likeness (QED) is 0.0568. The van der Waals surface area contributed by atoms with Gasteiger partial charge in [-0.05, 0) is 150 Å². The van der Waals surface area contributed by atoms with Gasteiger partial charge in [-0.2, -0.15) is 0 Å². The summed E-state index contributed by atoms with van der Waals surface area (Å²) in [5, 5.41) is 125. The summed E-state index contributed by atoms with van der Waals surface area (Å²) in [5.74, 6) is -12.4. The molecule has 36 atom stereocenters. The van der Waals surface area contributed by atoms with Gasteiger partial charge in [0.05, 0.1) is 71.2 Å². The van der Waals surface area contributed by atoms with E-state index in [0.717, 1.165) is 13.8 Å². The lowest BCUT2D eigenvalue weighted by Crippen LogP contribution is -2.67. The van der Waals surface area contributed by atoms with Gasteiger partial charge in [0, 0.05) is 74.7 Å². The molecule has 6 saturated heterocycles. The predicted octanol–water partition coefficient (Wildman–Crippen LogP) is 2.78. The Morgan fingerprint density at radius 3 is 1.03 bits per heavy atom. The molecule has 606 valence electrons. The molecule has 10 N–H and O–H groups in total. The normalized spacial score (nSPS) is 50.6. The van der Waals surface area contributed by atoms with Gasteiger partial charge >= 0.3 is 11.9 Å². The molecule has 104 heavy (non-hydrogen) atoms. The number of carbonyl (C=O) groups excluding carboxylic acids is 4. The van der Waals surface area contributed by atoms with Crippen molar-refractivity contribution in [2.45, 2.75) is 370 Å². The maximum absolute atomic E-state index is 16.7. The molecule has 0 spiro atoms. The van der Waals surface area contributed by atoms with Crippen LogP contribution in [0.1, 0.15) is 190 Å². The van der Waals surface area contributed by atoms with E-state index in [2.05, 4.69) is 0 Å². The van der Waals surface area contributed by atoms with Crippen molar-refractivity contribution in [1.82, 2.24) is 9.80 Å². The van der Waals surface area contributed by atoms with E-state index in [1.807, 2.05) is 0 Å². The van der Waals surface area contributed by atoms with E-state index in [1.165, 1.54) is 97.3 Å². The number of rotatable bonds is 17. The molecule has 0 aliphatic carbocycles. The minimum Gasteiger partial charge on any atom is -0.457 e. The van der Waals surface area contributed by atoms with E-state index in [4.69, 9.17) is 66.6 Å². The minimum absolute atomic E-state index is 0.256. The van der Waals surface area contributed by atoms with Gasteiger partial charge in [0.1, 0.15) is 71.6 Å². The minimum atomic E-state index is -3.01. The molecule has 0 amide bonds. The van der Waals surface area contributed by atoms with E-state index in [1.54, 1.807) is 79.5 Å². The van der Waals surface area contributed by atoms with Crippen LogP contribution in [-0.4, -0.2) is 306 Å². The highest BCUT2D eigenvalue weighted by Crippen LogP contribution is 2.48. The molecule has 0 radical (unpaired) electrons. The topological polar surface area (TPSA) is 406 Å². The number of ether oxygens (including phenoxy) is 12. The van der Waals surface area contributed by atoms with Crippen LogP contribution in [-0.2, 0) is 85.8 Å². The summed E-state index contributed by atoms with van der Waals surface area (Å²) in [4.78, 5) is 80.1. The number of hydrogen-bond acceptors (Lipinski definition) is 30. The molecule has 6 rings (SSSR count). The number of methoxy groups -OCH3 is 2. The van der Waals surface area contributed by atoms with Gasteiger partial charge < -0.3 is 118 Å². The Kier molecular flexibility index (Phi) is 29.9. The zero-order valence-corrected chi connectivity index (χ0v) is 66.5. The summed E-state index contributed by atoms with van der Waals surface area (Å²) >= 11 is 0. The number of hydrogen-bond donors (Lipinski definition) is 10. The van der Waals surface area contributed by atoms with Crippen molar-refractivity contribution in [1.29, 1.82) is 0 Å². The van der Waals surface area contributed by atoms with Gasteiger partial charge in [-0.15, -0.1) is 0 Å². The number of likely N-dealkylation sites (N-methyl/N-ethyl adjacent to an activating group) is 2. The smallest absolute Gasteiger partial charge is 0.344 e. The van der Waals surface area contributed by atoms with Crippen molar-refractivity contribution < 1.29 is 137 Å². The average Bonchev–Trinajstić information content (AvgIpc) is 0.750. The fourth-order valence-electron chi connectivity index (χ4n) is 17.2. The summed E-state index contributed by atoms with van der Waals surface area (Å²) in [6.45, 7) is 29.0. The molecule has 0 aromatic rings. The lowest BCUT2D eigenvalue weighted by molar-refractivity contribution is -0.440. The van der Waals surface area contributed by atoms with Gasteiger partial charge in [-0.25, -0.2) is 19.4 Å². The molecule has 30 heteroatoms. The van der Waals surface area contributed by atoms with Crippen molar-refractivity contribution in [2.75, 3.05) is 42.4 Å². The predicted molar refractivity (Wildman–Crippen MR) is 373 cm³/mol. The Labute approximate surface area is 615 Å². The Balaban J connectivity index is 1.78. The van der Waals surface area contributed by atoms with Crippen molar-refractivity contribution in [2.24, 2.45) is 35.5 Å². The maximum Gasteiger partial charge on any atom is 0.344 e. The van der Waals surface area contributed by atoms with Gasteiger partial charge in [0.15, 0.2) is 25.2 Å². The summed E-state index contributed by atoms with van der Waals surface area (Å²) in [6, 6.07) is -1.20. The monoisotopic (exact) mass is 1500 g/mol. The number of esters is 2. The molecular formula is C74H132N2O28. The van der Waals surface area contributed by atoms with Crippen molar-refractivity contribution in [3.05, 3.63) is 0 Å². The molecule has 0 saturated carbocycles. The molecular weight excluding hydrogens is 1360 g/mol. The van der Waals surface area contributed by atoms with Crippen molar-refractivity contribution >= 4 is 23.5 Å². The SMILES string of the molecule is CC[C@H]1OC(=O)[C@@](C)(OO[C@]2(C)C(=O)O[C@H](CC)[C@@](C)(O)[C@H](O)[C@@H](C)C(=O)[C@H](C)C[C@@](C)(O)[C@H](OC3O[C@@H](C)C[C@@H](N(C)C)[C@@H]3O)[C@@H](C)[C@@H]2OC2C[C@@](C)(OC)[C@@H](O)[C@H](C)O2)[C@@H](OC2C[C@@](C)(OC)[C@@H](O)[C@H](C)O2)[C@H](C)[C@@H](OC2O[C@@H](C)C[C@@H](N(C)C)[C@@H]2O)[C@](C)(O)C[C@@H](C)C(=O)[C@H](C)[C@@H](O)[C@]1(C)O. The molecule has 6 fully saturated rings. The van der Waals surface area contributed by atoms with E-state index >= 15 is 9.59 Å². The molecule has 0 aromatic carbocycles. The maximum atomic E-state index is 16.7. The third kappa shape index (κ3) is 18.7. The zero-order chi connectivity index (χ0) is 79.2. The van der Waals surface area contributed by atoms with Crippen LogP contribution in [0.25, 0.3) is 0 Å². The van der Waals surface area contributed by atoms with Gasteiger partial charge in [-0.3, -0.25) is 9.59 Å². The van der Waals surface area contributed by atoms with E-state index < -0.39 is 252 Å². The number of nitrogens with zero attached hydrogens (tertiary/aromatic N) is 2. The van der Waals surface area contributed by atoms with Crippen LogP contribution in [0.15, 0.2) is 0 Å². The number of aliphatic hydroxyl groups excluding tert-OH is 6. The van der Waals surface area contributed by atoms with Crippen LogP contribution in [0.4, 0.5) is 0 Å². The molecule has 6 heterocycles. The second kappa shape index (κ2) is 34.5. The second-order valence-electron chi connectivity index (χ2n) is 33.6. The Hall–Kier alpha value is -2.68. The summed E-state index contributed by atoms with van der Waals surface area (Å²) in [5.41, 5.74) is -18.5. The lowest BCUT2D eigenvalue weighted by atomic mass is 9.73. The highest BCUT2D eigenvalue weighted by Gasteiger charge is 2.64. The fourth-order valence-corrected chi connectivity index (χ4v) is 17.2. The summed E-state index contributed by atoms with van der Waals surface area (Å²) in [7, 11) is 9.75. The molecule has 6 aliphatic rings. The largest absolute Gasteiger partial charge is 0.457 e. The third-order valence-electron chi connectivity index (χ3n) is 24.1. The number of Topliss-reactive ketones (excluding diaryl/α,β-unsaturated/α-hetero) is 2. The molecule has 30 nitrogen and oxygen atoms in total. The molecule has 6 aliphatic heterocycles. The zero-order valence-electron chi connectivity index (χ0n) is 66.5. The Morgan fingerprint density at radius 2 is 0.750 bits per heavy atom. The molecule has 0 aromatic heterocycles. The first kappa shape index (κ1) is 90.2. The van der Waals surface area contributed by atoms with Crippen molar-refractivity contribution in [3.8, 4) is 0 Å². The first-order valence-corrected chi connectivity index (χ1v) is 37.2. The van der Waals surface area contributed by atoms with Crippen LogP contribution in [0.3, 0.4) is 0 Å². The second-order valence-corrected chi connectivity index (χ2v) is 33.6. The molecule has 0 bridgehead atoms. The first-order chi connectivity index (χ1) is 47.7. The fraction of sp³-hybridized carbons (Fsp3) is 0.946. The lowest BCUT2D eigenvalue weighted by Gasteiger charge is -2.52. The van der Waals surface area contributed by atoms with Crippen LogP contribution < -0.4 is 0 Å². The highest BCUT2D eigenvalue weighted by molar-refractivity contribution is 5.85. The van der Waals surface area contributed by atoms with Crippen LogP contribution in [0.5, 0.6) is 0 Å². The van der Waals surface area contributed by atoms with Gasteiger partial charge in [0.2, 0.25) is 11.2 Å². The third-order valence-corrected chi connectivity index (χ3v) is 24.1. The molecule has 4 unspecified atom stereocenters. The van der Waals surface area contributed by atoms with E-state index in [-0.39, 0.29) is 25.7 Å². The van der Waals surface area contributed by atoms with Crippen molar-refractivity contribution in [3.63, 3.8) is 0 Å². The first-order valence-electron chi connectivity index (χ1n) is 37.2. The number of aliphatic hydroxyl groups is 10. The Morgan fingerprint density at radius 1 is 0.442 bits per heavy atom. The van der Waals surface area contributed by atoms with E-state index in [0.29, 0.717) is 12.8 Å². The van der Waals surface area contributed by atoms with Gasteiger partial charge in [0.25, 0.3) is 0 Å².